The first-order valence-corrected chi connectivity index (χ1v) is 9.06. The average molecular weight is 351 g/mol. The van der Waals surface area contributed by atoms with Crippen molar-refractivity contribution in [3.63, 3.8) is 0 Å². The molecule has 0 unspecified atom stereocenters. The first-order chi connectivity index (χ1) is 12.5. The summed E-state index contributed by atoms with van der Waals surface area (Å²) in [5.41, 5.74) is 3.89. The lowest BCUT2D eigenvalue weighted by Crippen LogP contribution is -2.54. The number of pyridine rings is 1. The molecule has 3 aromatic heterocycles. The number of fused-ring (bicyclic) bond motifs is 1. The minimum atomic E-state index is 0.443. The fourth-order valence-corrected chi connectivity index (χ4v) is 3.76. The van der Waals surface area contributed by atoms with Gasteiger partial charge in [0.2, 0.25) is 0 Å². The van der Waals surface area contributed by atoms with E-state index in [4.69, 9.17) is 5.10 Å². The third-order valence-corrected chi connectivity index (χ3v) is 4.81. The number of aryl methyl sites for hydroxylation is 1. The van der Waals surface area contributed by atoms with E-state index in [2.05, 4.69) is 51.5 Å². The quantitative estimate of drug-likeness (QED) is 0.755. The van der Waals surface area contributed by atoms with Crippen molar-refractivity contribution in [2.45, 2.75) is 32.9 Å². The molecule has 7 heteroatoms. The Balaban J connectivity index is 1.80. The average Bonchev–Trinajstić information content (AvgIpc) is 2.95. The van der Waals surface area contributed by atoms with Gasteiger partial charge in [-0.2, -0.15) is 0 Å². The molecule has 2 atom stereocenters. The maximum atomic E-state index is 4.93. The Kier molecular flexibility index (Phi) is 4.24. The predicted octanol–water partition coefficient (Wildman–Crippen LogP) is 2.33. The molecule has 0 aliphatic carbocycles. The second-order valence-electron chi connectivity index (χ2n) is 7.06. The highest BCUT2D eigenvalue weighted by atomic mass is 15.4. The van der Waals surface area contributed by atoms with Crippen LogP contribution in [0, 0.1) is 6.92 Å². The normalized spacial score (nSPS) is 20.5. The number of aromatic nitrogens is 4. The van der Waals surface area contributed by atoms with E-state index in [1.54, 1.807) is 0 Å². The molecule has 3 aromatic rings. The van der Waals surface area contributed by atoms with Crippen LogP contribution >= 0.6 is 0 Å². The van der Waals surface area contributed by atoms with E-state index in [9.17, 15) is 0 Å². The maximum Gasteiger partial charge on any atom is 0.154 e. The number of imidazole rings is 1. The van der Waals surface area contributed by atoms with Gasteiger partial charge in [-0.25, -0.2) is 14.5 Å². The molecule has 0 aromatic carbocycles. The molecule has 1 aliphatic rings. The Labute approximate surface area is 153 Å². The van der Waals surface area contributed by atoms with Crippen LogP contribution in [0.4, 0.5) is 11.6 Å². The number of hydrogen-bond donors (Lipinski definition) is 2. The number of piperazine rings is 1. The summed E-state index contributed by atoms with van der Waals surface area (Å²) < 4.78 is 1.96. The lowest BCUT2D eigenvalue weighted by atomic mass is 10.1. The lowest BCUT2D eigenvalue weighted by Gasteiger charge is -2.36. The summed E-state index contributed by atoms with van der Waals surface area (Å²) in [7, 11) is 1.87. The summed E-state index contributed by atoms with van der Waals surface area (Å²) in [4.78, 5) is 11.3. The largest absolute Gasteiger partial charge is 0.373 e. The molecule has 136 valence electrons. The van der Waals surface area contributed by atoms with Crippen molar-refractivity contribution >= 4 is 17.3 Å². The third kappa shape index (κ3) is 2.99. The van der Waals surface area contributed by atoms with Gasteiger partial charge >= 0.3 is 0 Å². The Morgan fingerprint density at radius 1 is 1.15 bits per heavy atom. The zero-order chi connectivity index (χ0) is 18.3. The molecule has 4 heterocycles. The van der Waals surface area contributed by atoms with Crippen LogP contribution in [0.25, 0.3) is 16.9 Å². The van der Waals surface area contributed by atoms with Crippen molar-refractivity contribution in [3.05, 3.63) is 36.2 Å². The molecule has 2 N–H and O–H groups in total. The summed E-state index contributed by atoms with van der Waals surface area (Å²) >= 11 is 0. The molecule has 1 aliphatic heterocycles. The van der Waals surface area contributed by atoms with Gasteiger partial charge in [0.15, 0.2) is 5.65 Å². The van der Waals surface area contributed by atoms with Gasteiger partial charge in [-0.1, -0.05) is 0 Å². The Bertz CT molecular complexity index is 923. The molecule has 0 spiro atoms. The zero-order valence-electron chi connectivity index (χ0n) is 15.7. The second-order valence-corrected chi connectivity index (χ2v) is 7.06. The number of nitrogens with zero attached hydrogens (tertiary/aromatic N) is 5. The van der Waals surface area contributed by atoms with E-state index < -0.39 is 0 Å². The molecule has 26 heavy (non-hydrogen) atoms. The van der Waals surface area contributed by atoms with E-state index in [1.807, 2.05) is 36.8 Å². The van der Waals surface area contributed by atoms with Gasteiger partial charge in [-0.15, -0.1) is 5.10 Å². The monoisotopic (exact) mass is 351 g/mol. The molecule has 7 nitrogen and oxygen atoms in total. The molecule has 0 radical (unpaired) electrons. The van der Waals surface area contributed by atoms with Crippen LogP contribution in [0.5, 0.6) is 0 Å². The molecule has 1 saturated heterocycles. The third-order valence-electron chi connectivity index (χ3n) is 4.81. The van der Waals surface area contributed by atoms with Crippen molar-refractivity contribution < 1.29 is 0 Å². The minimum Gasteiger partial charge on any atom is -0.373 e. The van der Waals surface area contributed by atoms with E-state index in [0.717, 1.165) is 47.3 Å². The molecule has 0 bridgehead atoms. The molecular formula is C19H25N7. The van der Waals surface area contributed by atoms with E-state index in [1.165, 1.54) is 0 Å². The van der Waals surface area contributed by atoms with Crippen LogP contribution in [0.3, 0.4) is 0 Å². The lowest BCUT2D eigenvalue weighted by molar-refractivity contribution is 0.404. The first kappa shape index (κ1) is 16.8. The van der Waals surface area contributed by atoms with Crippen LogP contribution in [0.1, 0.15) is 19.5 Å². The minimum absolute atomic E-state index is 0.443. The SMILES string of the molecule is CNc1cc(-c2c(C)nc3ccc(N4C[C@@H](C)N[C@@H](C)C4)nn23)ccn1. The van der Waals surface area contributed by atoms with Crippen LogP contribution in [0.15, 0.2) is 30.5 Å². The van der Waals surface area contributed by atoms with Gasteiger partial charge in [-0.05, 0) is 45.0 Å². The summed E-state index contributed by atoms with van der Waals surface area (Å²) in [5, 5.41) is 11.6. The van der Waals surface area contributed by atoms with Crippen molar-refractivity contribution in [2.24, 2.45) is 0 Å². The molecule has 0 amide bonds. The highest BCUT2D eigenvalue weighted by Crippen LogP contribution is 2.27. The van der Waals surface area contributed by atoms with E-state index in [0.29, 0.717) is 12.1 Å². The fourth-order valence-electron chi connectivity index (χ4n) is 3.76. The van der Waals surface area contributed by atoms with Crippen LogP contribution < -0.4 is 15.5 Å². The maximum absolute atomic E-state index is 4.93. The fraction of sp³-hybridized carbons (Fsp3) is 0.421. The van der Waals surface area contributed by atoms with Crippen LogP contribution in [-0.2, 0) is 0 Å². The van der Waals surface area contributed by atoms with Crippen molar-refractivity contribution in [1.29, 1.82) is 0 Å². The smallest absolute Gasteiger partial charge is 0.154 e. The van der Waals surface area contributed by atoms with Crippen molar-refractivity contribution in [3.8, 4) is 11.3 Å². The number of rotatable bonds is 3. The van der Waals surface area contributed by atoms with Gasteiger partial charge in [0.1, 0.15) is 11.6 Å². The summed E-state index contributed by atoms with van der Waals surface area (Å²) in [6.45, 7) is 8.35. The number of anilines is 2. The Morgan fingerprint density at radius 2 is 1.92 bits per heavy atom. The summed E-state index contributed by atoms with van der Waals surface area (Å²) in [6, 6.07) is 9.04. The Hall–Kier alpha value is -2.67. The van der Waals surface area contributed by atoms with Gasteiger partial charge in [-0.3, -0.25) is 0 Å². The highest BCUT2D eigenvalue weighted by Gasteiger charge is 2.23. The molecule has 1 fully saturated rings. The number of hydrogen-bond acceptors (Lipinski definition) is 6. The standard InChI is InChI=1S/C19H25N7/c1-12-10-25(11-13(2)22-12)18-6-5-17-23-14(3)19(26(17)24-18)15-7-8-21-16(9-15)20-4/h5-9,12-13,22H,10-11H2,1-4H3,(H,20,21)/t12-,13+. The first-order valence-electron chi connectivity index (χ1n) is 9.06. The van der Waals surface area contributed by atoms with Gasteiger partial charge in [0.05, 0.1) is 11.4 Å². The molecular weight excluding hydrogens is 326 g/mol. The van der Waals surface area contributed by atoms with Gasteiger partial charge in [0.25, 0.3) is 0 Å². The van der Waals surface area contributed by atoms with E-state index >= 15 is 0 Å². The zero-order valence-corrected chi connectivity index (χ0v) is 15.7. The van der Waals surface area contributed by atoms with Crippen LogP contribution in [-0.4, -0.2) is 51.8 Å². The second kappa shape index (κ2) is 6.57. The summed E-state index contributed by atoms with van der Waals surface area (Å²) in [6.07, 6.45) is 1.81. The van der Waals surface area contributed by atoms with Gasteiger partial charge < -0.3 is 15.5 Å². The topological polar surface area (TPSA) is 70.4 Å². The predicted molar refractivity (Wildman–Crippen MR) is 105 cm³/mol. The number of nitrogens with one attached hydrogen (secondary N) is 2. The summed E-state index contributed by atoms with van der Waals surface area (Å²) in [5.74, 6) is 1.82. The van der Waals surface area contributed by atoms with Crippen molar-refractivity contribution in [1.82, 2.24) is 24.9 Å². The molecule has 4 rings (SSSR count). The van der Waals surface area contributed by atoms with E-state index in [-0.39, 0.29) is 0 Å². The molecule has 0 saturated carbocycles. The van der Waals surface area contributed by atoms with Gasteiger partial charge in [0, 0.05) is 44.0 Å². The van der Waals surface area contributed by atoms with Crippen molar-refractivity contribution in [2.75, 3.05) is 30.4 Å². The highest BCUT2D eigenvalue weighted by molar-refractivity contribution is 5.69. The van der Waals surface area contributed by atoms with Crippen LogP contribution in [0.2, 0.25) is 0 Å². The Morgan fingerprint density at radius 3 is 2.65 bits per heavy atom.